The van der Waals surface area contributed by atoms with E-state index in [1.807, 2.05) is 42.5 Å². The molecule has 5 nitrogen and oxygen atoms in total. The van der Waals surface area contributed by atoms with Gasteiger partial charge in [-0.1, -0.05) is 41.9 Å². The molecule has 0 saturated heterocycles. The first-order valence-electron chi connectivity index (χ1n) is 6.44. The SMILES string of the molecule is O=C(NCc1ccccc1Cl)Nn1cnc2ccccc21. The molecule has 0 saturated carbocycles. The Morgan fingerprint density at radius 3 is 2.76 bits per heavy atom. The lowest BCUT2D eigenvalue weighted by Gasteiger charge is -2.09. The summed E-state index contributed by atoms with van der Waals surface area (Å²) in [6.45, 7) is 0.359. The first-order chi connectivity index (χ1) is 10.2. The van der Waals surface area contributed by atoms with Crippen molar-refractivity contribution in [2.24, 2.45) is 0 Å². The molecule has 6 heteroatoms. The molecule has 0 fully saturated rings. The highest BCUT2D eigenvalue weighted by Gasteiger charge is 2.06. The molecule has 2 N–H and O–H groups in total. The Bertz CT molecular complexity index is 784. The number of carbonyl (C=O) groups excluding carboxylic acids is 1. The highest BCUT2D eigenvalue weighted by molar-refractivity contribution is 6.31. The molecule has 0 aliphatic carbocycles. The molecule has 1 heterocycles. The molecule has 2 amide bonds. The van der Waals surface area contributed by atoms with Gasteiger partial charge in [-0.2, -0.15) is 0 Å². The van der Waals surface area contributed by atoms with Crippen LogP contribution in [-0.4, -0.2) is 15.7 Å². The van der Waals surface area contributed by atoms with Gasteiger partial charge in [0.1, 0.15) is 6.33 Å². The minimum absolute atomic E-state index is 0.321. The van der Waals surface area contributed by atoms with Crippen LogP contribution >= 0.6 is 11.6 Å². The predicted molar refractivity (Wildman–Crippen MR) is 82.8 cm³/mol. The summed E-state index contributed by atoms with van der Waals surface area (Å²) in [6.07, 6.45) is 1.57. The lowest BCUT2D eigenvalue weighted by Crippen LogP contribution is -2.33. The van der Waals surface area contributed by atoms with Crippen LogP contribution in [0.25, 0.3) is 11.0 Å². The molecule has 1 aromatic heterocycles. The summed E-state index contributed by atoms with van der Waals surface area (Å²) >= 11 is 6.04. The highest BCUT2D eigenvalue weighted by Crippen LogP contribution is 2.14. The number of halogens is 1. The number of carbonyl (C=O) groups is 1. The molecule has 0 spiro atoms. The Morgan fingerprint density at radius 1 is 1.14 bits per heavy atom. The third-order valence-electron chi connectivity index (χ3n) is 3.07. The Balaban J connectivity index is 1.66. The number of nitrogens with zero attached hydrogens (tertiary/aromatic N) is 2. The van der Waals surface area contributed by atoms with Crippen molar-refractivity contribution in [2.75, 3.05) is 5.43 Å². The van der Waals surface area contributed by atoms with Crippen molar-refractivity contribution in [3.8, 4) is 0 Å². The van der Waals surface area contributed by atoms with Gasteiger partial charge in [-0.15, -0.1) is 0 Å². The predicted octanol–water partition coefficient (Wildman–Crippen LogP) is 3.14. The van der Waals surface area contributed by atoms with Gasteiger partial charge in [0, 0.05) is 11.6 Å². The number of amides is 2. The quantitative estimate of drug-likeness (QED) is 0.780. The fraction of sp³-hybridized carbons (Fsp3) is 0.0667. The number of hydrogen-bond donors (Lipinski definition) is 2. The van der Waals surface area contributed by atoms with Gasteiger partial charge in [-0.25, -0.2) is 19.9 Å². The summed E-state index contributed by atoms with van der Waals surface area (Å²) in [5, 5.41) is 3.39. The molecule has 0 unspecified atom stereocenters. The number of imidazole rings is 1. The monoisotopic (exact) mass is 300 g/mol. The van der Waals surface area contributed by atoms with E-state index in [1.54, 1.807) is 17.1 Å². The molecule has 106 valence electrons. The molecule has 0 radical (unpaired) electrons. The maximum Gasteiger partial charge on any atom is 0.334 e. The molecule has 3 rings (SSSR count). The van der Waals surface area contributed by atoms with Crippen LogP contribution in [-0.2, 0) is 6.54 Å². The minimum atomic E-state index is -0.321. The van der Waals surface area contributed by atoms with E-state index in [0.717, 1.165) is 16.6 Å². The number of benzene rings is 2. The Hall–Kier alpha value is -2.53. The Labute approximate surface area is 126 Å². The van der Waals surface area contributed by atoms with Crippen LogP contribution in [0.4, 0.5) is 4.79 Å². The zero-order valence-electron chi connectivity index (χ0n) is 11.1. The summed E-state index contributed by atoms with van der Waals surface area (Å²) in [5.41, 5.74) is 5.24. The van der Waals surface area contributed by atoms with Gasteiger partial charge in [0.25, 0.3) is 0 Å². The normalized spacial score (nSPS) is 10.5. The van der Waals surface area contributed by atoms with Crippen molar-refractivity contribution >= 4 is 28.7 Å². The maximum atomic E-state index is 11.9. The molecule has 21 heavy (non-hydrogen) atoms. The highest BCUT2D eigenvalue weighted by atomic mass is 35.5. The Morgan fingerprint density at radius 2 is 1.90 bits per heavy atom. The fourth-order valence-electron chi connectivity index (χ4n) is 2.01. The average molecular weight is 301 g/mol. The number of fused-ring (bicyclic) bond motifs is 1. The van der Waals surface area contributed by atoms with Crippen molar-refractivity contribution < 1.29 is 4.79 Å². The third-order valence-corrected chi connectivity index (χ3v) is 3.44. The first-order valence-corrected chi connectivity index (χ1v) is 6.82. The Kier molecular flexibility index (Phi) is 3.75. The van der Waals surface area contributed by atoms with Gasteiger partial charge in [-0.3, -0.25) is 0 Å². The summed E-state index contributed by atoms with van der Waals surface area (Å²) in [5.74, 6) is 0. The summed E-state index contributed by atoms with van der Waals surface area (Å²) in [6, 6.07) is 14.6. The average Bonchev–Trinajstić information content (AvgIpc) is 2.90. The number of nitrogens with one attached hydrogen (secondary N) is 2. The first kappa shape index (κ1) is 13.5. The van der Waals surface area contributed by atoms with E-state index in [0.29, 0.717) is 11.6 Å². The van der Waals surface area contributed by atoms with E-state index < -0.39 is 0 Å². The van der Waals surface area contributed by atoms with Crippen LogP contribution in [0.1, 0.15) is 5.56 Å². The number of rotatable bonds is 3. The van der Waals surface area contributed by atoms with Crippen LogP contribution in [0.2, 0.25) is 5.02 Å². The standard InChI is InChI=1S/C15H13ClN4O/c16-12-6-2-1-5-11(12)9-17-15(21)19-20-10-18-13-7-3-4-8-14(13)20/h1-8,10H,9H2,(H2,17,19,21). The van der Waals surface area contributed by atoms with Crippen molar-refractivity contribution in [1.82, 2.24) is 15.0 Å². The second kappa shape index (κ2) is 5.85. The molecule has 2 aromatic carbocycles. The summed E-state index contributed by atoms with van der Waals surface area (Å²) < 4.78 is 1.58. The van der Waals surface area contributed by atoms with E-state index in [9.17, 15) is 4.79 Å². The zero-order chi connectivity index (χ0) is 14.7. The van der Waals surface area contributed by atoms with Gasteiger partial charge in [-0.05, 0) is 23.8 Å². The van der Waals surface area contributed by atoms with Gasteiger partial charge in [0.05, 0.1) is 11.0 Å². The van der Waals surface area contributed by atoms with Gasteiger partial charge < -0.3 is 5.32 Å². The topological polar surface area (TPSA) is 59.0 Å². The van der Waals surface area contributed by atoms with Gasteiger partial charge in [0.2, 0.25) is 0 Å². The summed E-state index contributed by atoms with van der Waals surface area (Å²) in [4.78, 5) is 16.1. The molecule has 0 aliphatic rings. The molecular formula is C15H13ClN4O. The number of aromatic nitrogens is 2. The van der Waals surface area contributed by atoms with Gasteiger partial charge >= 0.3 is 6.03 Å². The molecule has 0 atom stereocenters. The van der Waals surface area contributed by atoms with Crippen molar-refractivity contribution in [3.63, 3.8) is 0 Å². The van der Waals surface area contributed by atoms with E-state index in [-0.39, 0.29) is 6.03 Å². The zero-order valence-corrected chi connectivity index (χ0v) is 11.8. The molecule has 3 aromatic rings. The van der Waals surface area contributed by atoms with Crippen molar-refractivity contribution in [1.29, 1.82) is 0 Å². The number of urea groups is 1. The van der Waals surface area contributed by atoms with E-state index in [4.69, 9.17) is 11.6 Å². The van der Waals surface area contributed by atoms with Crippen LogP contribution < -0.4 is 10.7 Å². The second-order valence-corrected chi connectivity index (χ2v) is 4.90. The maximum absolute atomic E-state index is 11.9. The lowest BCUT2D eigenvalue weighted by atomic mass is 10.2. The number of para-hydroxylation sites is 2. The van der Waals surface area contributed by atoms with E-state index in [2.05, 4.69) is 15.7 Å². The largest absolute Gasteiger partial charge is 0.334 e. The minimum Gasteiger partial charge on any atom is -0.333 e. The summed E-state index contributed by atoms with van der Waals surface area (Å²) in [7, 11) is 0. The lowest BCUT2D eigenvalue weighted by molar-refractivity contribution is 0.249. The van der Waals surface area contributed by atoms with Gasteiger partial charge in [0.15, 0.2) is 0 Å². The molecule has 0 bridgehead atoms. The second-order valence-electron chi connectivity index (χ2n) is 4.49. The third kappa shape index (κ3) is 2.98. The molecular weight excluding hydrogens is 288 g/mol. The fourth-order valence-corrected chi connectivity index (χ4v) is 2.22. The number of hydrogen-bond acceptors (Lipinski definition) is 2. The van der Waals surface area contributed by atoms with E-state index in [1.165, 1.54) is 0 Å². The van der Waals surface area contributed by atoms with Crippen LogP contribution in [0.15, 0.2) is 54.9 Å². The molecule has 0 aliphatic heterocycles. The smallest absolute Gasteiger partial charge is 0.333 e. The van der Waals surface area contributed by atoms with E-state index >= 15 is 0 Å². The van der Waals surface area contributed by atoms with Crippen molar-refractivity contribution in [3.05, 3.63) is 65.4 Å². The van der Waals surface area contributed by atoms with Crippen LogP contribution in [0.3, 0.4) is 0 Å². The van der Waals surface area contributed by atoms with Crippen LogP contribution in [0.5, 0.6) is 0 Å². The van der Waals surface area contributed by atoms with Crippen molar-refractivity contribution in [2.45, 2.75) is 6.54 Å². The van der Waals surface area contributed by atoms with Crippen LogP contribution in [0, 0.1) is 0 Å².